The average molecular weight is 202 g/mol. The minimum absolute atomic E-state index is 0.0645. The van der Waals surface area contributed by atoms with Gasteiger partial charge in [-0.05, 0) is 19.8 Å². The lowest BCUT2D eigenvalue weighted by molar-refractivity contribution is -0.142. The summed E-state index contributed by atoms with van der Waals surface area (Å²) in [6.07, 6.45) is 1.05. The van der Waals surface area contributed by atoms with E-state index in [1.165, 1.54) is 6.92 Å². The van der Waals surface area contributed by atoms with Crippen molar-refractivity contribution in [1.29, 1.82) is 0 Å². The van der Waals surface area contributed by atoms with E-state index in [4.69, 9.17) is 5.11 Å². The van der Waals surface area contributed by atoms with E-state index in [0.29, 0.717) is 12.8 Å². The third-order valence-corrected chi connectivity index (χ3v) is 2.17. The second kappa shape index (κ2) is 8.73. The largest absolute Gasteiger partial charge is 0.481 e. The summed E-state index contributed by atoms with van der Waals surface area (Å²) >= 11 is 0. The zero-order valence-electron chi connectivity index (χ0n) is 9.83. The molecule has 0 amide bonds. The molecule has 0 aliphatic heterocycles. The Labute approximate surface area is 86.5 Å². The maximum atomic E-state index is 10.8. The Morgan fingerprint density at radius 1 is 1.29 bits per heavy atom. The fourth-order valence-corrected chi connectivity index (χ4v) is 1.03. The fraction of sp³-hybridized carbons (Fsp3) is 0.818. The average Bonchev–Trinajstić information content (AvgIpc) is 2.16. The highest BCUT2D eigenvalue weighted by Gasteiger charge is 2.20. The predicted molar refractivity (Wildman–Crippen MR) is 57.2 cm³/mol. The number of Topliss-reactive ketones (excluding diaryl/α,β-unsaturated/α-hetero) is 1. The molecule has 0 fully saturated rings. The minimum Gasteiger partial charge on any atom is -0.481 e. The summed E-state index contributed by atoms with van der Waals surface area (Å²) in [4.78, 5) is 21.4. The van der Waals surface area contributed by atoms with Gasteiger partial charge in [-0.15, -0.1) is 0 Å². The van der Waals surface area contributed by atoms with Gasteiger partial charge in [-0.1, -0.05) is 27.7 Å². The number of aliphatic carboxylic acids is 1. The molecule has 0 bridgehead atoms. The molecule has 3 heteroatoms. The third kappa shape index (κ3) is 6.63. The summed E-state index contributed by atoms with van der Waals surface area (Å²) in [7, 11) is 0. The number of rotatable bonds is 5. The van der Waals surface area contributed by atoms with Gasteiger partial charge in [0, 0.05) is 5.92 Å². The fourth-order valence-electron chi connectivity index (χ4n) is 1.03. The number of hydrogen-bond donors (Lipinski definition) is 1. The summed E-state index contributed by atoms with van der Waals surface area (Å²) in [5, 5.41) is 8.69. The first kappa shape index (κ1) is 15.6. The zero-order valence-corrected chi connectivity index (χ0v) is 9.83. The van der Waals surface area contributed by atoms with Crippen molar-refractivity contribution >= 4 is 11.8 Å². The van der Waals surface area contributed by atoms with E-state index in [-0.39, 0.29) is 17.6 Å². The van der Waals surface area contributed by atoms with Gasteiger partial charge in [-0.3, -0.25) is 9.59 Å². The molecule has 0 radical (unpaired) electrons. The number of ketones is 1. The molecule has 0 spiro atoms. The topological polar surface area (TPSA) is 54.4 Å². The Morgan fingerprint density at radius 3 is 1.93 bits per heavy atom. The standard InChI is InChI=1S/C9H16O3.C2H6/c1-4-8(9(11)12)5-6(2)7(3)10;1-2/h6,8H,4-5H2,1-3H3,(H,11,12);1-2H3. The van der Waals surface area contributed by atoms with Crippen molar-refractivity contribution in [3.8, 4) is 0 Å². The minimum atomic E-state index is -0.800. The van der Waals surface area contributed by atoms with Crippen LogP contribution < -0.4 is 0 Å². The van der Waals surface area contributed by atoms with Crippen LogP contribution in [-0.2, 0) is 9.59 Å². The zero-order chi connectivity index (χ0) is 11.7. The lowest BCUT2D eigenvalue weighted by atomic mass is 9.92. The van der Waals surface area contributed by atoms with E-state index in [9.17, 15) is 9.59 Å². The first-order chi connectivity index (χ1) is 6.49. The van der Waals surface area contributed by atoms with Crippen molar-refractivity contribution < 1.29 is 14.7 Å². The van der Waals surface area contributed by atoms with Crippen LogP contribution in [0.3, 0.4) is 0 Å². The van der Waals surface area contributed by atoms with Gasteiger partial charge in [0.2, 0.25) is 0 Å². The van der Waals surface area contributed by atoms with Gasteiger partial charge >= 0.3 is 5.97 Å². The predicted octanol–water partition coefficient (Wildman–Crippen LogP) is 2.74. The van der Waals surface area contributed by atoms with E-state index in [1.807, 2.05) is 20.8 Å². The first-order valence-corrected chi connectivity index (χ1v) is 5.22. The van der Waals surface area contributed by atoms with Crippen molar-refractivity contribution in [3.05, 3.63) is 0 Å². The molecule has 84 valence electrons. The first-order valence-electron chi connectivity index (χ1n) is 5.22. The molecule has 0 heterocycles. The van der Waals surface area contributed by atoms with Crippen LogP contribution in [0.5, 0.6) is 0 Å². The highest BCUT2D eigenvalue weighted by molar-refractivity contribution is 5.79. The Kier molecular flexibility index (Phi) is 9.73. The van der Waals surface area contributed by atoms with Crippen LogP contribution >= 0.6 is 0 Å². The van der Waals surface area contributed by atoms with Crippen LogP contribution in [-0.4, -0.2) is 16.9 Å². The van der Waals surface area contributed by atoms with Crippen LogP contribution in [0.15, 0.2) is 0 Å². The van der Waals surface area contributed by atoms with Crippen LogP contribution in [0.2, 0.25) is 0 Å². The maximum absolute atomic E-state index is 10.8. The maximum Gasteiger partial charge on any atom is 0.306 e. The Morgan fingerprint density at radius 2 is 1.71 bits per heavy atom. The van der Waals surface area contributed by atoms with Crippen molar-refractivity contribution in [2.24, 2.45) is 11.8 Å². The highest BCUT2D eigenvalue weighted by Crippen LogP contribution is 2.16. The quantitative estimate of drug-likeness (QED) is 0.745. The summed E-state index contributed by atoms with van der Waals surface area (Å²) < 4.78 is 0. The number of carboxylic acid groups (broad SMARTS) is 1. The lowest BCUT2D eigenvalue weighted by Gasteiger charge is -2.12. The Bertz CT molecular complexity index is 175. The normalized spacial score (nSPS) is 13.5. The van der Waals surface area contributed by atoms with Gasteiger partial charge in [0.25, 0.3) is 0 Å². The summed E-state index contributed by atoms with van der Waals surface area (Å²) in [5.41, 5.74) is 0. The van der Waals surface area contributed by atoms with E-state index >= 15 is 0 Å². The molecule has 0 saturated carbocycles. The molecular formula is C11H22O3. The van der Waals surface area contributed by atoms with Crippen molar-refractivity contribution in [2.45, 2.75) is 47.5 Å². The summed E-state index contributed by atoms with van der Waals surface area (Å²) in [6, 6.07) is 0. The van der Waals surface area contributed by atoms with Crippen LogP contribution in [0.4, 0.5) is 0 Å². The van der Waals surface area contributed by atoms with E-state index < -0.39 is 5.97 Å². The van der Waals surface area contributed by atoms with Gasteiger partial charge in [0.05, 0.1) is 5.92 Å². The monoisotopic (exact) mass is 202 g/mol. The number of carboxylic acids is 1. The molecule has 0 saturated heterocycles. The molecule has 1 N–H and O–H groups in total. The van der Waals surface area contributed by atoms with Crippen LogP contribution in [0.25, 0.3) is 0 Å². The number of carbonyl (C=O) groups excluding carboxylic acids is 1. The van der Waals surface area contributed by atoms with Crippen molar-refractivity contribution in [2.75, 3.05) is 0 Å². The second-order valence-corrected chi connectivity index (χ2v) is 3.19. The van der Waals surface area contributed by atoms with Gasteiger partial charge in [-0.2, -0.15) is 0 Å². The van der Waals surface area contributed by atoms with E-state index in [2.05, 4.69) is 0 Å². The number of carbonyl (C=O) groups is 2. The van der Waals surface area contributed by atoms with Gasteiger partial charge in [0.15, 0.2) is 0 Å². The second-order valence-electron chi connectivity index (χ2n) is 3.19. The molecule has 0 rings (SSSR count). The summed E-state index contributed by atoms with van der Waals surface area (Å²) in [5.74, 6) is -1.24. The third-order valence-electron chi connectivity index (χ3n) is 2.17. The number of hydrogen-bond acceptors (Lipinski definition) is 2. The molecule has 0 aliphatic rings. The molecule has 2 unspecified atom stereocenters. The molecule has 2 atom stereocenters. The molecule has 3 nitrogen and oxygen atoms in total. The van der Waals surface area contributed by atoms with E-state index in [0.717, 1.165) is 0 Å². The van der Waals surface area contributed by atoms with Crippen LogP contribution in [0, 0.1) is 11.8 Å². The molecule has 0 aromatic heterocycles. The van der Waals surface area contributed by atoms with Crippen LogP contribution in [0.1, 0.15) is 47.5 Å². The molecule has 0 aromatic carbocycles. The Hall–Kier alpha value is -0.860. The molecule has 0 aromatic rings. The van der Waals surface area contributed by atoms with E-state index in [1.54, 1.807) is 6.92 Å². The van der Waals surface area contributed by atoms with Crippen molar-refractivity contribution in [1.82, 2.24) is 0 Å². The van der Waals surface area contributed by atoms with Gasteiger partial charge < -0.3 is 5.11 Å². The smallest absolute Gasteiger partial charge is 0.306 e. The van der Waals surface area contributed by atoms with Crippen molar-refractivity contribution in [3.63, 3.8) is 0 Å². The highest BCUT2D eigenvalue weighted by atomic mass is 16.4. The van der Waals surface area contributed by atoms with Gasteiger partial charge in [-0.25, -0.2) is 0 Å². The summed E-state index contributed by atoms with van der Waals surface area (Å²) in [6.45, 7) is 9.10. The molecular weight excluding hydrogens is 180 g/mol. The lowest BCUT2D eigenvalue weighted by Crippen LogP contribution is -2.19. The van der Waals surface area contributed by atoms with Gasteiger partial charge in [0.1, 0.15) is 5.78 Å². The Balaban J connectivity index is 0. The molecule has 14 heavy (non-hydrogen) atoms. The molecule has 0 aliphatic carbocycles. The SMILES string of the molecule is CC.CCC(CC(C)C(C)=O)C(=O)O.